The molecule has 3 fully saturated rings. The van der Waals surface area contributed by atoms with Crippen molar-refractivity contribution in [1.82, 2.24) is 81.1 Å². The Kier molecular flexibility index (Phi) is 14.4. The summed E-state index contributed by atoms with van der Waals surface area (Å²) in [5.74, 6) is 2.94. The first-order chi connectivity index (χ1) is 40.0. The molecule has 6 aromatic heterocycles. The highest BCUT2D eigenvalue weighted by Crippen LogP contribution is 2.32. The van der Waals surface area contributed by atoms with Gasteiger partial charge in [0.15, 0.2) is 29.3 Å². The Bertz CT molecular complexity index is 4420. The van der Waals surface area contributed by atoms with Gasteiger partial charge in [0.1, 0.15) is 46.1 Å². The van der Waals surface area contributed by atoms with Crippen molar-refractivity contribution in [3.63, 3.8) is 0 Å². The SMILES string of the molecule is Cc1cc(-c2nnc3cc(C4CCNCC4)ccc3n2)c[n+]2c1=NC(C)C=2.Cn1cc2cc(-c3nnc4cc(C5CCNCC5)ccc4n3)cc(C#N)c2n1.Cn1cc2cc(-c3nnc4cc(C5CCNCC5)ccc4n3)cc(F)c2n1. The standard InChI is InChI=1S/C21H19N7.C21H23N6.C20H19FN6/c1-28-12-17-9-15(8-16(11-22)20(17)27-28)21-24-18-3-2-14(10-19(18)25-26-21)13-4-6-23-7-5-13;1-13-9-17(12-27-11-14(2)23-21(13)27)20-24-18-4-3-16(10-19(18)25-26-20)15-5-7-22-8-6-15;1-27-11-15-8-14(9-16(21)19(15)26-27)20-23-17-3-2-13(10-18(17)24-25-20)12-4-6-22-7-5-12/h2-3,8-10,12-13,23H,4-7H2,1H3;3-4,9-12,14-15,22H,5-8H2,1-2H3;2-3,8-12,22H,4-7H2,1H3/q;+1;. The molecule has 1 unspecified atom stereocenters. The first-order valence-corrected chi connectivity index (χ1v) is 28.2. The molecule has 3 N–H and O–H groups in total. The molecule has 20 heteroatoms. The van der Waals surface area contributed by atoms with Gasteiger partial charge in [-0.3, -0.25) is 9.36 Å². The molecule has 0 amide bonds. The number of hydrogen-bond donors (Lipinski definition) is 3. The molecular formula is C62H61FN19+. The van der Waals surface area contributed by atoms with Crippen LogP contribution < -0.4 is 25.7 Å². The third kappa shape index (κ3) is 10.8. The van der Waals surface area contributed by atoms with E-state index in [2.05, 4.69) is 146 Å². The summed E-state index contributed by atoms with van der Waals surface area (Å²) in [4.78, 5) is 18.7. The number of rotatable bonds is 6. The van der Waals surface area contributed by atoms with Gasteiger partial charge < -0.3 is 16.0 Å². The number of nitriles is 1. The zero-order valence-corrected chi connectivity index (χ0v) is 46.2. The third-order valence-electron chi connectivity index (χ3n) is 16.1. The van der Waals surface area contributed by atoms with Gasteiger partial charge >= 0.3 is 5.49 Å². The fraction of sp³-hybridized carbons (Fsp3) is 0.323. The summed E-state index contributed by atoms with van der Waals surface area (Å²) in [5, 5.41) is 56.1. The number of fused-ring (bicyclic) bond motifs is 6. The van der Waals surface area contributed by atoms with E-state index in [1.54, 1.807) is 28.7 Å². The first-order valence-electron chi connectivity index (χ1n) is 28.2. The van der Waals surface area contributed by atoms with E-state index in [-0.39, 0.29) is 11.9 Å². The molecular weight excluding hydrogens is 1030 g/mol. The largest absolute Gasteiger partial charge is 0.325 e. The van der Waals surface area contributed by atoms with Crippen LogP contribution in [0.5, 0.6) is 0 Å². The fourth-order valence-corrected chi connectivity index (χ4v) is 11.9. The van der Waals surface area contributed by atoms with Crippen LogP contribution >= 0.6 is 0 Å². The topological polar surface area (TPSA) is 230 Å². The summed E-state index contributed by atoms with van der Waals surface area (Å²) < 4.78 is 19.7. The zero-order valence-electron chi connectivity index (χ0n) is 46.2. The third-order valence-corrected chi connectivity index (χ3v) is 16.1. The Morgan fingerprint density at radius 2 is 0.976 bits per heavy atom. The molecule has 19 nitrogen and oxygen atoms in total. The summed E-state index contributed by atoms with van der Waals surface area (Å²) in [5.41, 5.74) is 14.9. The van der Waals surface area contributed by atoms with Crippen molar-refractivity contribution in [2.75, 3.05) is 39.3 Å². The lowest BCUT2D eigenvalue weighted by Gasteiger charge is -2.23. The fourth-order valence-electron chi connectivity index (χ4n) is 11.9. The van der Waals surface area contributed by atoms with E-state index >= 15 is 0 Å². The van der Waals surface area contributed by atoms with Crippen LogP contribution in [-0.4, -0.2) is 110 Å². The minimum atomic E-state index is -0.381. The normalized spacial score (nSPS) is 16.8. The molecule has 4 aliphatic heterocycles. The van der Waals surface area contributed by atoms with Crippen LogP contribution in [0.15, 0.2) is 109 Å². The highest BCUT2D eigenvalue weighted by Gasteiger charge is 2.22. The predicted molar refractivity (Wildman–Crippen MR) is 311 cm³/mol. The Morgan fingerprint density at radius 3 is 1.45 bits per heavy atom. The molecule has 0 spiro atoms. The van der Waals surface area contributed by atoms with E-state index in [1.807, 2.05) is 43.7 Å². The van der Waals surface area contributed by atoms with Gasteiger partial charge in [0.2, 0.25) is 0 Å². The molecule has 0 radical (unpaired) electrons. The molecule has 410 valence electrons. The Labute approximate surface area is 471 Å². The second kappa shape index (κ2) is 22.5. The lowest BCUT2D eigenvalue weighted by atomic mass is 9.90. The van der Waals surface area contributed by atoms with E-state index in [9.17, 15) is 9.65 Å². The van der Waals surface area contributed by atoms with Crippen molar-refractivity contribution < 1.29 is 8.63 Å². The van der Waals surface area contributed by atoms with Crippen molar-refractivity contribution in [3.05, 3.63) is 149 Å². The summed E-state index contributed by atoms with van der Waals surface area (Å²) in [6.07, 6.45) is 14.7. The van der Waals surface area contributed by atoms with Crippen LogP contribution in [-0.2, 0) is 14.1 Å². The van der Waals surface area contributed by atoms with Crippen molar-refractivity contribution in [2.45, 2.75) is 76.2 Å². The lowest BCUT2D eigenvalue weighted by Crippen LogP contribution is -2.36. The van der Waals surface area contributed by atoms with E-state index in [4.69, 9.17) is 9.97 Å². The van der Waals surface area contributed by atoms with E-state index in [0.717, 1.165) is 131 Å². The number of nitrogens with zero attached hydrogens (tertiary/aromatic N) is 16. The van der Waals surface area contributed by atoms with Gasteiger partial charge in [-0.1, -0.05) is 23.2 Å². The molecule has 82 heavy (non-hydrogen) atoms. The number of aryl methyl sites for hydroxylation is 3. The quantitative estimate of drug-likeness (QED) is 0.135. The van der Waals surface area contributed by atoms with Gasteiger partial charge in [0.05, 0.1) is 27.7 Å². The summed E-state index contributed by atoms with van der Waals surface area (Å²) in [6, 6.07) is 30.4. The van der Waals surface area contributed by atoms with Crippen molar-refractivity contribution in [1.29, 1.82) is 5.26 Å². The number of benzene rings is 5. The first kappa shape index (κ1) is 52.3. The summed E-state index contributed by atoms with van der Waals surface area (Å²) in [7, 11) is 3.61. The van der Waals surface area contributed by atoms with Crippen LogP contribution in [0.25, 0.3) is 89.1 Å². The van der Waals surface area contributed by atoms with Crippen molar-refractivity contribution >= 4 is 54.9 Å². The number of nitrogens with one attached hydrogen (secondary N) is 3. The van der Waals surface area contributed by atoms with Crippen LogP contribution in [0.1, 0.15) is 91.0 Å². The van der Waals surface area contributed by atoms with E-state index < -0.39 is 0 Å². The minimum absolute atomic E-state index is 0.197. The van der Waals surface area contributed by atoms with Crippen LogP contribution in [0.2, 0.25) is 0 Å². The average Bonchev–Trinajstić information content (AvgIpc) is 4.25. The maximum absolute atomic E-state index is 14.4. The van der Waals surface area contributed by atoms with E-state index in [1.165, 1.54) is 35.6 Å². The maximum Gasteiger partial charge on any atom is 0.325 e. The number of halogens is 1. The Balaban J connectivity index is 0.000000115. The molecule has 3 saturated heterocycles. The predicted octanol–water partition coefficient (Wildman–Crippen LogP) is 7.89. The van der Waals surface area contributed by atoms with Gasteiger partial charge in [-0.15, -0.1) is 30.6 Å². The molecule has 0 saturated carbocycles. The van der Waals surface area contributed by atoms with E-state index in [0.29, 0.717) is 57.4 Å². The summed E-state index contributed by atoms with van der Waals surface area (Å²) >= 11 is 0. The van der Waals surface area contributed by atoms with Gasteiger partial charge in [-0.25, -0.2) is 23.6 Å². The van der Waals surface area contributed by atoms with Gasteiger partial charge in [-0.2, -0.15) is 15.5 Å². The number of hydrogen-bond acceptors (Lipinski definition) is 16. The average molecular weight is 1090 g/mol. The Morgan fingerprint density at radius 1 is 0.537 bits per heavy atom. The minimum Gasteiger partial charge on any atom is -0.317 e. The van der Waals surface area contributed by atoms with Gasteiger partial charge in [-0.05, 0) is 193 Å². The maximum atomic E-state index is 14.4. The number of pyridine rings is 1. The van der Waals surface area contributed by atoms with Gasteiger partial charge in [0.25, 0.3) is 0 Å². The molecule has 4 aliphatic rings. The van der Waals surface area contributed by atoms with Crippen LogP contribution in [0.4, 0.5) is 4.39 Å². The second-order valence-electron chi connectivity index (χ2n) is 22.0. The molecule has 0 bridgehead atoms. The number of piperidine rings is 3. The number of aromatic nitrogens is 14. The smallest absolute Gasteiger partial charge is 0.317 e. The highest BCUT2D eigenvalue weighted by molar-refractivity contribution is 5.89. The second-order valence-corrected chi connectivity index (χ2v) is 22.0. The zero-order chi connectivity index (χ0) is 55.8. The summed E-state index contributed by atoms with van der Waals surface area (Å²) in [6.45, 7) is 10.5. The molecule has 10 heterocycles. The van der Waals surface area contributed by atoms with Crippen LogP contribution in [0.3, 0.4) is 0 Å². The molecule has 5 aromatic carbocycles. The molecule has 15 rings (SSSR count). The molecule has 11 aromatic rings. The monoisotopic (exact) mass is 1090 g/mol. The molecule has 0 aliphatic carbocycles. The molecule has 1 atom stereocenters. The lowest BCUT2D eigenvalue weighted by molar-refractivity contribution is -0.522. The van der Waals surface area contributed by atoms with Crippen LogP contribution in [0, 0.1) is 30.3 Å². The highest BCUT2D eigenvalue weighted by atomic mass is 19.1. The van der Waals surface area contributed by atoms with Gasteiger partial charge in [0, 0.05) is 54.0 Å². The Hall–Kier alpha value is -9.03. The van der Waals surface area contributed by atoms with Crippen molar-refractivity contribution in [2.24, 2.45) is 19.1 Å². The van der Waals surface area contributed by atoms with Crippen molar-refractivity contribution in [3.8, 4) is 40.2 Å².